The van der Waals surface area contributed by atoms with Crippen LogP contribution in [0.1, 0.15) is 39.1 Å². The van der Waals surface area contributed by atoms with Gasteiger partial charge in [0, 0.05) is 30.8 Å². The molecule has 6 nitrogen and oxygen atoms in total. The predicted molar refractivity (Wildman–Crippen MR) is 102 cm³/mol. The van der Waals surface area contributed by atoms with E-state index in [9.17, 15) is 9.59 Å². The van der Waals surface area contributed by atoms with Crippen molar-refractivity contribution >= 4 is 11.8 Å². The fraction of sp³-hybridized carbons (Fsp3) is 0.333. The number of methoxy groups -OCH3 is 1. The molecule has 1 aliphatic heterocycles. The third kappa shape index (κ3) is 5.31. The second kappa shape index (κ2) is 9.19. The summed E-state index contributed by atoms with van der Waals surface area (Å²) in [5.41, 5.74) is 2.02. The van der Waals surface area contributed by atoms with Gasteiger partial charge in [0.25, 0.3) is 11.8 Å². The lowest BCUT2D eigenvalue weighted by atomic mass is 10.1. The van der Waals surface area contributed by atoms with Gasteiger partial charge in [0.2, 0.25) is 0 Å². The van der Waals surface area contributed by atoms with Gasteiger partial charge in [0.1, 0.15) is 5.75 Å². The molecule has 0 aliphatic carbocycles. The summed E-state index contributed by atoms with van der Waals surface area (Å²) in [5.74, 6) is 0.436. The van der Waals surface area contributed by atoms with Crippen LogP contribution in [0.2, 0.25) is 0 Å². The van der Waals surface area contributed by atoms with Crippen molar-refractivity contribution in [3.05, 3.63) is 65.2 Å². The first kappa shape index (κ1) is 18.9. The van der Waals surface area contributed by atoms with Crippen LogP contribution >= 0.6 is 0 Å². The van der Waals surface area contributed by atoms with Gasteiger partial charge in [-0.1, -0.05) is 12.1 Å². The van der Waals surface area contributed by atoms with Crippen molar-refractivity contribution in [2.45, 2.75) is 25.5 Å². The highest BCUT2D eigenvalue weighted by molar-refractivity contribution is 5.97. The largest absolute Gasteiger partial charge is 0.497 e. The van der Waals surface area contributed by atoms with Gasteiger partial charge in [0.15, 0.2) is 0 Å². The van der Waals surface area contributed by atoms with Crippen molar-refractivity contribution in [1.29, 1.82) is 0 Å². The molecule has 0 radical (unpaired) electrons. The van der Waals surface area contributed by atoms with Crippen molar-refractivity contribution in [2.75, 3.05) is 20.3 Å². The van der Waals surface area contributed by atoms with Crippen LogP contribution in [0.5, 0.6) is 5.75 Å². The van der Waals surface area contributed by atoms with Gasteiger partial charge in [-0.3, -0.25) is 9.59 Å². The van der Waals surface area contributed by atoms with Crippen LogP contribution in [0.25, 0.3) is 0 Å². The van der Waals surface area contributed by atoms with Crippen molar-refractivity contribution in [2.24, 2.45) is 0 Å². The minimum absolute atomic E-state index is 0.108. The molecule has 0 saturated carbocycles. The molecular formula is C21H24N2O4. The monoisotopic (exact) mass is 368 g/mol. The van der Waals surface area contributed by atoms with Crippen LogP contribution in [0.3, 0.4) is 0 Å². The van der Waals surface area contributed by atoms with E-state index in [0.717, 1.165) is 30.8 Å². The Bertz CT molecular complexity index is 766. The summed E-state index contributed by atoms with van der Waals surface area (Å²) < 4.78 is 10.6. The topological polar surface area (TPSA) is 76.7 Å². The molecular weight excluding hydrogens is 344 g/mol. The van der Waals surface area contributed by atoms with E-state index in [1.165, 1.54) is 0 Å². The Morgan fingerprint density at radius 1 is 1.00 bits per heavy atom. The molecule has 0 bridgehead atoms. The van der Waals surface area contributed by atoms with E-state index >= 15 is 0 Å². The molecule has 3 rings (SSSR count). The minimum atomic E-state index is -0.183. The first-order chi connectivity index (χ1) is 13.2. The second-order valence-corrected chi connectivity index (χ2v) is 6.45. The SMILES string of the molecule is COc1ccc(CNC(=O)c2ccc(C(=O)NCC3CCCO3)cc2)cc1. The van der Waals surface area contributed by atoms with Gasteiger partial charge in [-0.05, 0) is 54.8 Å². The normalized spacial score (nSPS) is 16.0. The second-order valence-electron chi connectivity index (χ2n) is 6.45. The van der Waals surface area contributed by atoms with E-state index in [4.69, 9.17) is 9.47 Å². The van der Waals surface area contributed by atoms with Crippen molar-refractivity contribution < 1.29 is 19.1 Å². The van der Waals surface area contributed by atoms with E-state index in [-0.39, 0.29) is 17.9 Å². The van der Waals surface area contributed by atoms with Gasteiger partial charge < -0.3 is 20.1 Å². The van der Waals surface area contributed by atoms with Crippen LogP contribution in [0.15, 0.2) is 48.5 Å². The zero-order valence-corrected chi connectivity index (χ0v) is 15.4. The molecule has 142 valence electrons. The molecule has 1 saturated heterocycles. The lowest BCUT2D eigenvalue weighted by Gasteiger charge is -2.11. The molecule has 1 unspecified atom stereocenters. The number of carbonyl (C=O) groups excluding carboxylic acids is 2. The highest BCUT2D eigenvalue weighted by Gasteiger charge is 2.16. The average molecular weight is 368 g/mol. The molecule has 27 heavy (non-hydrogen) atoms. The van der Waals surface area contributed by atoms with Crippen LogP contribution in [0.4, 0.5) is 0 Å². The fourth-order valence-electron chi connectivity index (χ4n) is 2.91. The maximum atomic E-state index is 12.3. The first-order valence-corrected chi connectivity index (χ1v) is 9.06. The third-order valence-electron chi connectivity index (χ3n) is 4.54. The molecule has 1 aliphatic rings. The third-order valence-corrected chi connectivity index (χ3v) is 4.54. The van der Waals surface area contributed by atoms with Gasteiger partial charge in [-0.25, -0.2) is 0 Å². The number of benzene rings is 2. The summed E-state index contributed by atoms with van der Waals surface area (Å²) in [6, 6.07) is 14.1. The standard InChI is InChI=1S/C21H24N2O4/c1-26-18-10-4-15(5-11-18)13-22-20(24)16-6-8-17(9-7-16)21(25)23-14-19-3-2-12-27-19/h4-11,19H,2-3,12-14H2,1H3,(H,22,24)(H,23,25). The molecule has 6 heteroatoms. The zero-order valence-electron chi connectivity index (χ0n) is 15.4. The Labute approximate surface area is 158 Å². The molecule has 1 atom stereocenters. The quantitative estimate of drug-likeness (QED) is 0.787. The molecule has 0 spiro atoms. The number of hydrogen-bond donors (Lipinski definition) is 2. The number of ether oxygens (including phenoxy) is 2. The minimum Gasteiger partial charge on any atom is -0.497 e. The van der Waals surface area contributed by atoms with E-state index in [1.807, 2.05) is 24.3 Å². The van der Waals surface area contributed by atoms with Gasteiger partial charge in [-0.15, -0.1) is 0 Å². The highest BCUT2D eigenvalue weighted by atomic mass is 16.5. The maximum absolute atomic E-state index is 12.3. The lowest BCUT2D eigenvalue weighted by molar-refractivity contribution is 0.0857. The molecule has 0 aromatic heterocycles. The lowest BCUT2D eigenvalue weighted by Crippen LogP contribution is -2.31. The van der Waals surface area contributed by atoms with Crippen LogP contribution in [-0.2, 0) is 11.3 Å². The zero-order chi connectivity index (χ0) is 19.1. The summed E-state index contributed by atoms with van der Waals surface area (Å²) in [4.78, 5) is 24.4. The smallest absolute Gasteiger partial charge is 0.251 e. The van der Waals surface area contributed by atoms with E-state index < -0.39 is 0 Å². The predicted octanol–water partition coefficient (Wildman–Crippen LogP) is 2.53. The molecule has 1 heterocycles. The number of amides is 2. The van der Waals surface area contributed by atoms with Crippen molar-refractivity contribution in [3.63, 3.8) is 0 Å². The molecule has 2 aromatic carbocycles. The summed E-state index contributed by atoms with van der Waals surface area (Å²) in [5, 5.41) is 5.74. The summed E-state index contributed by atoms with van der Waals surface area (Å²) in [6.45, 7) is 1.70. The van der Waals surface area contributed by atoms with Crippen LogP contribution in [-0.4, -0.2) is 38.2 Å². The Kier molecular flexibility index (Phi) is 6.44. The first-order valence-electron chi connectivity index (χ1n) is 9.06. The summed E-state index contributed by atoms with van der Waals surface area (Å²) in [7, 11) is 1.61. The average Bonchev–Trinajstić information content (AvgIpc) is 3.24. The van der Waals surface area contributed by atoms with Gasteiger partial charge >= 0.3 is 0 Å². The molecule has 2 N–H and O–H groups in total. The summed E-state index contributed by atoms with van der Waals surface area (Å²) >= 11 is 0. The van der Waals surface area contributed by atoms with Crippen molar-refractivity contribution in [1.82, 2.24) is 10.6 Å². The Hall–Kier alpha value is -2.86. The number of rotatable bonds is 7. The number of carbonyl (C=O) groups is 2. The molecule has 2 amide bonds. The highest BCUT2D eigenvalue weighted by Crippen LogP contribution is 2.12. The van der Waals surface area contributed by atoms with Gasteiger partial charge in [-0.2, -0.15) is 0 Å². The van der Waals surface area contributed by atoms with Crippen molar-refractivity contribution in [3.8, 4) is 5.75 Å². The van der Waals surface area contributed by atoms with E-state index in [2.05, 4.69) is 10.6 Å². The summed E-state index contributed by atoms with van der Waals surface area (Å²) in [6.07, 6.45) is 2.13. The Balaban J connectivity index is 1.49. The van der Waals surface area contributed by atoms with Crippen LogP contribution < -0.4 is 15.4 Å². The molecule has 1 fully saturated rings. The Morgan fingerprint density at radius 2 is 1.63 bits per heavy atom. The molecule has 2 aromatic rings. The maximum Gasteiger partial charge on any atom is 0.251 e. The van der Waals surface area contributed by atoms with Crippen LogP contribution in [0, 0.1) is 0 Å². The van der Waals surface area contributed by atoms with E-state index in [1.54, 1.807) is 31.4 Å². The van der Waals surface area contributed by atoms with Gasteiger partial charge in [0.05, 0.1) is 13.2 Å². The number of hydrogen-bond acceptors (Lipinski definition) is 4. The fourth-order valence-corrected chi connectivity index (χ4v) is 2.91. The Morgan fingerprint density at radius 3 is 2.19 bits per heavy atom. The van der Waals surface area contributed by atoms with E-state index in [0.29, 0.717) is 24.2 Å². The number of nitrogens with one attached hydrogen (secondary N) is 2.